The maximum absolute atomic E-state index is 14.2. The number of ether oxygens (including phenoxy) is 1. The van der Waals surface area contributed by atoms with Crippen LogP contribution in [0.4, 0.5) is 13.2 Å². The molecule has 0 spiro atoms. The Labute approximate surface area is 169 Å². The number of azide groups is 1. The van der Waals surface area contributed by atoms with Crippen molar-refractivity contribution in [2.75, 3.05) is 12.0 Å². The first-order valence-corrected chi connectivity index (χ1v) is 10.6. The SMILES string of the molecule is CC(C)(N=[N+]=[N-])c1cnc(OC(C(F)F)C(F)CS(C)(=O)=O)c2cnc(Cl)cc12. The van der Waals surface area contributed by atoms with E-state index in [2.05, 4.69) is 20.0 Å². The molecule has 2 rings (SSSR count). The van der Waals surface area contributed by atoms with Gasteiger partial charge in [-0.3, -0.25) is 0 Å². The number of nitrogens with zero attached hydrogens (tertiary/aromatic N) is 5. The van der Waals surface area contributed by atoms with Crippen LogP contribution in [0.1, 0.15) is 19.4 Å². The maximum Gasteiger partial charge on any atom is 0.277 e. The van der Waals surface area contributed by atoms with Gasteiger partial charge in [-0.2, -0.15) is 0 Å². The van der Waals surface area contributed by atoms with Crippen LogP contribution in [0.3, 0.4) is 0 Å². The van der Waals surface area contributed by atoms with Crippen molar-refractivity contribution in [3.63, 3.8) is 0 Å². The number of pyridine rings is 2. The quantitative estimate of drug-likeness (QED) is 0.257. The summed E-state index contributed by atoms with van der Waals surface area (Å²) in [6, 6.07) is 1.40. The van der Waals surface area contributed by atoms with Crippen molar-refractivity contribution in [2.45, 2.75) is 38.1 Å². The molecule has 2 unspecified atom stereocenters. The van der Waals surface area contributed by atoms with Crippen molar-refractivity contribution >= 4 is 32.2 Å². The molecule has 0 aromatic carbocycles. The van der Waals surface area contributed by atoms with Gasteiger partial charge in [0.05, 0.1) is 16.7 Å². The van der Waals surface area contributed by atoms with Crippen LogP contribution in [-0.2, 0) is 15.4 Å². The number of aromatic nitrogens is 2. The van der Waals surface area contributed by atoms with Crippen LogP contribution < -0.4 is 4.74 Å². The van der Waals surface area contributed by atoms with Crippen molar-refractivity contribution in [1.82, 2.24) is 9.97 Å². The zero-order chi connectivity index (χ0) is 22.0. The lowest BCUT2D eigenvalue weighted by Gasteiger charge is -2.24. The van der Waals surface area contributed by atoms with Crippen LogP contribution in [-0.4, -0.2) is 49.1 Å². The van der Waals surface area contributed by atoms with Gasteiger partial charge in [0.15, 0.2) is 12.3 Å². The van der Waals surface area contributed by atoms with E-state index < -0.39 is 39.8 Å². The Kier molecular flexibility index (Phi) is 6.82. The van der Waals surface area contributed by atoms with E-state index in [-0.39, 0.29) is 16.4 Å². The Morgan fingerprint density at radius 3 is 2.48 bits per heavy atom. The van der Waals surface area contributed by atoms with Crippen LogP contribution in [0.25, 0.3) is 21.2 Å². The molecule has 2 aromatic heterocycles. The molecule has 0 N–H and O–H groups in total. The highest BCUT2D eigenvalue weighted by Gasteiger charge is 2.35. The highest BCUT2D eigenvalue weighted by atomic mass is 35.5. The summed E-state index contributed by atoms with van der Waals surface area (Å²) in [6.07, 6.45) is -5.01. The fourth-order valence-electron chi connectivity index (χ4n) is 2.63. The monoisotopic (exact) mass is 451 g/mol. The third kappa shape index (κ3) is 5.62. The van der Waals surface area contributed by atoms with Crippen LogP contribution in [0.15, 0.2) is 23.6 Å². The minimum atomic E-state index is -3.86. The van der Waals surface area contributed by atoms with Gasteiger partial charge >= 0.3 is 0 Å². The maximum atomic E-state index is 14.2. The number of rotatable bonds is 8. The molecule has 0 aliphatic heterocycles. The number of fused-ring (bicyclic) bond motifs is 1. The van der Waals surface area contributed by atoms with Gasteiger partial charge in [-0.05, 0) is 22.5 Å². The standard InChI is InChI=1S/C16H17ClF3N5O3S/c1-16(2,24-25-21)10-6-23-15(9-5-22-12(17)4-8(9)10)28-13(14(19)20)11(18)7-29(3,26)27/h4-6,11,13-14H,7H2,1-3H3. The lowest BCUT2D eigenvalue weighted by atomic mass is 9.93. The number of hydrogen-bond acceptors (Lipinski definition) is 6. The summed E-state index contributed by atoms with van der Waals surface area (Å²) < 4.78 is 68.6. The minimum absolute atomic E-state index is 0.0680. The molecular formula is C16H17ClF3N5O3S. The number of sulfone groups is 1. The molecule has 0 aliphatic carbocycles. The molecule has 2 atom stereocenters. The molecule has 29 heavy (non-hydrogen) atoms. The van der Waals surface area contributed by atoms with Gasteiger partial charge in [0, 0.05) is 23.6 Å². The molecule has 0 aliphatic rings. The fraction of sp³-hybridized carbons (Fsp3) is 0.500. The van der Waals surface area contributed by atoms with Crippen molar-refractivity contribution in [2.24, 2.45) is 5.11 Å². The molecule has 0 radical (unpaired) electrons. The molecule has 8 nitrogen and oxygen atoms in total. The van der Waals surface area contributed by atoms with Gasteiger partial charge in [-0.1, -0.05) is 30.6 Å². The number of alkyl halides is 3. The Morgan fingerprint density at radius 2 is 1.93 bits per heavy atom. The third-order valence-electron chi connectivity index (χ3n) is 3.97. The van der Waals surface area contributed by atoms with E-state index in [4.69, 9.17) is 21.9 Å². The number of hydrogen-bond donors (Lipinski definition) is 0. The first-order chi connectivity index (χ1) is 13.4. The summed E-state index contributed by atoms with van der Waals surface area (Å²) in [5.41, 5.74) is 8.11. The summed E-state index contributed by atoms with van der Waals surface area (Å²) in [5.74, 6) is -1.52. The van der Waals surface area contributed by atoms with Crippen molar-refractivity contribution < 1.29 is 26.3 Å². The van der Waals surface area contributed by atoms with Gasteiger partial charge in [0.2, 0.25) is 5.88 Å². The first kappa shape index (κ1) is 23.0. The molecule has 2 aromatic rings. The average molecular weight is 452 g/mol. The van der Waals surface area contributed by atoms with Gasteiger partial charge in [0.1, 0.15) is 15.0 Å². The largest absolute Gasteiger partial charge is 0.465 e. The van der Waals surface area contributed by atoms with Crippen LogP contribution >= 0.6 is 11.6 Å². The van der Waals surface area contributed by atoms with E-state index in [0.717, 1.165) is 6.26 Å². The predicted octanol–water partition coefficient (Wildman–Crippen LogP) is 4.22. The van der Waals surface area contributed by atoms with E-state index in [1.165, 1.54) is 18.5 Å². The van der Waals surface area contributed by atoms with Crippen molar-refractivity contribution in [3.8, 4) is 5.88 Å². The highest BCUT2D eigenvalue weighted by Crippen LogP contribution is 2.36. The molecule has 0 saturated carbocycles. The van der Waals surface area contributed by atoms with E-state index in [9.17, 15) is 21.6 Å². The molecule has 0 bridgehead atoms. The zero-order valence-corrected chi connectivity index (χ0v) is 17.1. The highest BCUT2D eigenvalue weighted by molar-refractivity contribution is 7.90. The Hall–Kier alpha value is -2.30. The summed E-state index contributed by atoms with van der Waals surface area (Å²) in [7, 11) is -3.86. The Morgan fingerprint density at radius 1 is 1.28 bits per heavy atom. The predicted molar refractivity (Wildman–Crippen MR) is 102 cm³/mol. The topological polar surface area (TPSA) is 118 Å². The number of halogens is 4. The van der Waals surface area contributed by atoms with Gasteiger partial charge < -0.3 is 4.74 Å². The molecule has 13 heteroatoms. The fourth-order valence-corrected chi connectivity index (χ4v) is 3.55. The van der Waals surface area contributed by atoms with Crippen LogP contribution in [0.2, 0.25) is 5.15 Å². The normalized spacial score (nSPS) is 14.5. The molecule has 2 heterocycles. The second-order valence-corrected chi connectivity index (χ2v) is 9.38. The first-order valence-electron chi connectivity index (χ1n) is 8.13. The van der Waals surface area contributed by atoms with Crippen LogP contribution in [0, 0.1) is 0 Å². The molecule has 158 valence electrons. The lowest BCUT2D eigenvalue weighted by Crippen LogP contribution is -2.39. The van der Waals surface area contributed by atoms with Crippen molar-refractivity contribution in [1.29, 1.82) is 0 Å². The summed E-state index contributed by atoms with van der Waals surface area (Å²) in [4.78, 5) is 10.6. The van der Waals surface area contributed by atoms with E-state index in [1.807, 2.05) is 0 Å². The molecular weight excluding hydrogens is 435 g/mol. The average Bonchev–Trinajstić information content (AvgIpc) is 2.56. The summed E-state index contributed by atoms with van der Waals surface area (Å²) in [6.45, 7) is 3.20. The van der Waals surface area contributed by atoms with Gasteiger partial charge in [-0.25, -0.2) is 31.6 Å². The Bertz CT molecular complexity index is 1060. The molecule has 0 saturated heterocycles. The lowest BCUT2D eigenvalue weighted by molar-refractivity contribution is -0.0278. The third-order valence-corrected chi connectivity index (χ3v) is 5.10. The zero-order valence-electron chi connectivity index (χ0n) is 15.6. The van der Waals surface area contributed by atoms with E-state index >= 15 is 0 Å². The van der Waals surface area contributed by atoms with E-state index in [1.54, 1.807) is 13.8 Å². The minimum Gasteiger partial charge on any atom is -0.465 e. The van der Waals surface area contributed by atoms with Crippen LogP contribution in [0.5, 0.6) is 5.88 Å². The van der Waals surface area contributed by atoms with Gasteiger partial charge in [-0.15, -0.1) is 0 Å². The Balaban J connectivity index is 2.58. The molecule has 0 fully saturated rings. The van der Waals surface area contributed by atoms with Crippen molar-refractivity contribution in [3.05, 3.63) is 39.6 Å². The van der Waals surface area contributed by atoms with E-state index in [0.29, 0.717) is 10.9 Å². The smallest absolute Gasteiger partial charge is 0.277 e. The summed E-state index contributed by atoms with van der Waals surface area (Å²) >= 11 is 5.93. The summed E-state index contributed by atoms with van der Waals surface area (Å²) in [5, 5.41) is 4.21. The van der Waals surface area contributed by atoms with Gasteiger partial charge in [0.25, 0.3) is 6.43 Å². The molecule has 0 amide bonds. The second kappa shape index (κ2) is 8.60. The second-order valence-electron chi connectivity index (χ2n) is 6.80.